The molecule has 0 radical (unpaired) electrons. The average Bonchev–Trinajstić information content (AvgIpc) is 3.10. The van der Waals surface area contributed by atoms with Crippen molar-refractivity contribution in [3.63, 3.8) is 0 Å². The van der Waals surface area contributed by atoms with E-state index < -0.39 is 0 Å². The lowest BCUT2D eigenvalue weighted by molar-refractivity contribution is -0.128. The van der Waals surface area contributed by atoms with Crippen LogP contribution in [0.1, 0.15) is 45.4 Å². The lowest BCUT2D eigenvalue weighted by Gasteiger charge is -2.46. The number of para-hydroxylation sites is 1. The van der Waals surface area contributed by atoms with Gasteiger partial charge in [-0.2, -0.15) is 0 Å². The number of rotatable bonds is 6. The second kappa shape index (κ2) is 8.35. The highest BCUT2D eigenvalue weighted by molar-refractivity contribution is 7.18. The standard InChI is InChI=1S/C20H26N4O2S/c1-2-26-17-11-7-6-10-15(17)19-22-23-20(27-19)21-18(25)16-12-13-24(16)14-8-4-3-5-9-14/h6-7,10-11,14,16H,2-5,8-9,12-13H2,1H3,(H,21,23,25)/t16-/m0/s1. The largest absolute Gasteiger partial charge is 0.493 e. The van der Waals surface area contributed by atoms with Gasteiger partial charge in [-0.25, -0.2) is 0 Å². The molecule has 7 heteroatoms. The Kier molecular flexibility index (Phi) is 5.69. The van der Waals surface area contributed by atoms with Gasteiger partial charge in [0.25, 0.3) is 0 Å². The van der Waals surface area contributed by atoms with Crippen LogP contribution in [0, 0.1) is 0 Å². The molecule has 1 aromatic carbocycles. The van der Waals surface area contributed by atoms with Gasteiger partial charge in [-0.15, -0.1) is 10.2 Å². The predicted molar refractivity (Wildman–Crippen MR) is 107 cm³/mol. The molecule has 2 fully saturated rings. The molecule has 27 heavy (non-hydrogen) atoms. The van der Waals surface area contributed by atoms with Crippen molar-refractivity contribution in [3.05, 3.63) is 24.3 Å². The molecule has 1 saturated heterocycles. The summed E-state index contributed by atoms with van der Waals surface area (Å²) in [5.74, 6) is 0.837. The number of nitrogens with zero attached hydrogens (tertiary/aromatic N) is 3. The van der Waals surface area contributed by atoms with Gasteiger partial charge in [-0.3, -0.25) is 15.0 Å². The Bertz CT molecular complexity index is 788. The molecule has 1 aromatic heterocycles. The molecule has 0 spiro atoms. The van der Waals surface area contributed by atoms with Gasteiger partial charge in [0.2, 0.25) is 11.0 Å². The van der Waals surface area contributed by atoms with Crippen LogP contribution in [0.3, 0.4) is 0 Å². The molecule has 2 heterocycles. The van der Waals surface area contributed by atoms with E-state index in [2.05, 4.69) is 20.4 Å². The summed E-state index contributed by atoms with van der Waals surface area (Å²) in [6, 6.07) is 8.34. The molecule has 1 aliphatic carbocycles. The van der Waals surface area contributed by atoms with Gasteiger partial charge in [0.15, 0.2) is 5.01 Å². The number of nitrogens with one attached hydrogen (secondary N) is 1. The highest BCUT2D eigenvalue weighted by Gasteiger charge is 2.39. The SMILES string of the molecule is CCOc1ccccc1-c1nnc(NC(=O)[C@@H]2CCN2C2CCCCC2)s1. The fraction of sp³-hybridized carbons (Fsp3) is 0.550. The Morgan fingerprint density at radius 3 is 2.78 bits per heavy atom. The van der Waals surface area contributed by atoms with Crippen LogP contribution in [-0.4, -0.2) is 46.2 Å². The highest BCUT2D eigenvalue weighted by Crippen LogP contribution is 2.34. The number of hydrogen-bond acceptors (Lipinski definition) is 6. The first kappa shape index (κ1) is 18.4. The van der Waals surface area contributed by atoms with E-state index in [1.54, 1.807) is 0 Å². The van der Waals surface area contributed by atoms with Crippen LogP contribution in [-0.2, 0) is 4.79 Å². The molecular weight excluding hydrogens is 360 g/mol. The van der Waals surface area contributed by atoms with Crippen LogP contribution in [0.4, 0.5) is 5.13 Å². The van der Waals surface area contributed by atoms with Crippen LogP contribution >= 0.6 is 11.3 Å². The summed E-state index contributed by atoms with van der Waals surface area (Å²) in [6.07, 6.45) is 7.28. The summed E-state index contributed by atoms with van der Waals surface area (Å²) in [4.78, 5) is 15.1. The number of benzene rings is 1. The van der Waals surface area contributed by atoms with Crippen molar-refractivity contribution in [2.45, 2.75) is 57.5 Å². The molecule has 1 amide bonds. The number of aromatic nitrogens is 2. The van der Waals surface area contributed by atoms with Crippen LogP contribution in [0.15, 0.2) is 24.3 Å². The van der Waals surface area contributed by atoms with E-state index in [1.807, 2.05) is 31.2 Å². The molecule has 1 aliphatic heterocycles. The van der Waals surface area contributed by atoms with Gasteiger partial charge in [0.05, 0.1) is 18.2 Å². The summed E-state index contributed by atoms with van der Waals surface area (Å²) in [6.45, 7) is 3.59. The average molecular weight is 387 g/mol. The van der Waals surface area contributed by atoms with E-state index in [4.69, 9.17) is 4.74 Å². The third-order valence-corrected chi connectivity index (χ3v) is 6.35. The van der Waals surface area contributed by atoms with E-state index in [1.165, 1.54) is 43.4 Å². The van der Waals surface area contributed by atoms with Crippen molar-refractivity contribution in [1.29, 1.82) is 0 Å². The maximum atomic E-state index is 12.7. The number of anilines is 1. The molecule has 2 aromatic rings. The second-order valence-corrected chi connectivity index (χ2v) is 8.14. The van der Waals surface area contributed by atoms with Crippen LogP contribution in [0.5, 0.6) is 5.75 Å². The van der Waals surface area contributed by atoms with Crippen molar-refractivity contribution in [2.75, 3.05) is 18.5 Å². The Hall–Kier alpha value is -1.99. The third kappa shape index (κ3) is 3.99. The first-order chi connectivity index (χ1) is 13.3. The molecule has 2 aliphatic rings. The first-order valence-electron chi connectivity index (χ1n) is 9.88. The Morgan fingerprint density at radius 2 is 2.04 bits per heavy atom. The molecule has 1 saturated carbocycles. The van der Waals surface area contributed by atoms with E-state index in [0.717, 1.165) is 29.3 Å². The second-order valence-electron chi connectivity index (χ2n) is 7.16. The zero-order chi connectivity index (χ0) is 18.6. The number of amides is 1. The highest BCUT2D eigenvalue weighted by atomic mass is 32.1. The van der Waals surface area contributed by atoms with Crippen molar-refractivity contribution in [3.8, 4) is 16.3 Å². The third-order valence-electron chi connectivity index (χ3n) is 5.48. The molecule has 0 bridgehead atoms. The fourth-order valence-corrected chi connectivity index (χ4v) is 4.81. The fourth-order valence-electron chi connectivity index (χ4n) is 4.03. The Balaban J connectivity index is 1.41. The summed E-state index contributed by atoms with van der Waals surface area (Å²) >= 11 is 1.39. The number of ether oxygens (including phenoxy) is 1. The van der Waals surface area contributed by atoms with Gasteiger partial charge in [-0.1, -0.05) is 42.7 Å². The summed E-state index contributed by atoms with van der Waals surface area (Å²) in [5, 5.41) is 12.7. The molecular formula is C20H26N4O2S. The van der Waals surface area contributed by atoms with E-state index in [9.17, 15) is 4.79 Å². The lowest BCUT2D eigenvalue weighted by atomic mass is 9.89. The number of hydrogen-bond donors (Lipinski definition) is 1. The first-order valence-corrected chi connectivity index (χ1v) is 10.7. The van der Waals surface area contributed by atoms with Gasteiger partial charge in [-0.05, 0) is 38.3 Å². The van der Waals surface area contributed by atoms with Gasteiger partial charge in [0.1, 0.15) is 5.75 Å². The predicted octanol–water partition coefficient (Wildman–Crippen LogP) is 3.95. The van der Waals surface area contributed by atoms with Crippen LogP contribution < -0.4 is 10.1 Å². The maximum Gasteiger partial charge on any atom is 0.243 e. The maximum absolute atomic E-state index is 12.7. The van der Waals surface area contributed by atoms with Crippen molar-refractivity contribution >= 4 is 22.4 Å². The number of carbonyl (C=O) groups excluding carboxylic acids is 1. The smallest absolute Gasteiger partial charge is 0.243 e. The Labute approximate surface area is 163 Å². The monoisotopic (exact) mass is 386 g/mol. The minimum Gasteiger partial charge on any atom is -0.493 e. The number of likely N-dealkylation sites (tertiary alicyclic amines) is 1. The molecule has 144 valence electrons. The number of carbonyl (C=O) groups is 1. The quantitative estimate of drug-likeness (QED) is 0.814. The summed E-state index contributed by atoms with van der Waals surface area (Å²) < 4.78 is 5.67. The van der Waals surface area contributed by atoms with Gasteiger partial charge < -0.3 is 4.74 Å². The molecule has 1 N–H and O–H groups in total. The molecule has 0 unspecified atom stereocenters. The Morgan fingerprint density at radius 1 is 1.22 bits per heavy atom. The lowest BCUT2D eigenvalue weighted by Crippen LogP contribution is -2.58. The van der Waals surface area contributed by atoms with Crippen LogP contribution in [0.2, 0.25) is 0 Å². The minimum absolute atomic E-state index is 0.0174. The van der Waals surface area contributed by atoms with Gasteiger partial charge >= 0.3 is 0 Å². The summed E-state index contributed by atoms with van der Waals surface area (Å²) in [7, 11) is 0. The minimum atomic E-state index is -0.0174. The topological polar surface area (TPSA) is 67.4 Å². The van der Waals surface area contributed by atoms with Crippen molar-refractivity contribution in [1.82, 2.24) is 15.1 Å². The molecule has 4 rings (SSSR count). The van der Waals surface area contributed by atoms with E-state index >= 15 is 0 Å². The summed E-state index contributed by atoms with van der Waals surface area (Å²) in [5.41, 5.74) is 0.907. The molecule has 6 nitrogen and oxygen atoms in total. The zero-order valence-electron chi connectivity index (χ0n) is 15.7. The van der Waals surface area contributed by atoms with Crippen molar-refractivity contribution in [2.24, 2.45) is 0 Å². The van der Waals surface area contributed by atoms with Crippen LogP contribution in [0.25, 0.3) is 10.6 Å². The van der Waals surface area contributed by atoms with Gasteiger partial charge in [0, 0.05) is 12.6 Å². The zero-order valence-corrected chi connectivity index (χ0v) is 16.5. The van der Waals surface area contributed by atoms with Crippen molar-refractivity contribution < 1.29 is 9.53 Å². The van der Waals surface area contributed by atoms with E-state index in [-0.39, 0.29) is 11.9 Å². The van der Waals surface area contributed by atoms with E-state index in [0.29, 0.717) is 17.8 Å². The normalized spacial score (nSPS) is 20.9. The molecule has 1 atom stereocenters.